The Morgan fingerprint density at radius 1 is 1.10 bits per heavy atom. The number of aliphatic imine (C=N–C) groups is 1. The van der Waals surface area contributed by atoms with Crippen LogP contribution in [0.1, 0.15) is 16.7 Å². The fourth-order valence-corrected chi connectivity index (χ4v) is 4.19. The number of amides is 2. The minimum Gasteiger partial charge on any atom is -0.318 e. The number of carbonyl (C=O) groups excluding carboxylic acids is 1. The van der Waals surface area contributed by atoms with Gasteiger partial charge in [0.2, 0.25) is 0 Å². The lowest BCUT2D eigenvalue weighted by Crippen LogP contribution is -2.31. The van der Waals surface area contributed by atoms with E-state index in [0.29, 0.717) is 19.6 Å². The Bertz CT molecular complexity index is 1150. The number of hydrogen-bond acceptors (Lipinski definition) is 3. The Kier molecular flexibility index (Phi) is 4.67. The lowest BCUT2D eigenvalue weighted by atomic mass is 10.0. The van der Waals surface area contributed by atoms with Gasteiger partial charge in [-0.05, 0) is 46.9 Å². The highest BCUT2D eigenvalue weighted by Crippen LogP contribution is 2.30. The number of allylic oxidation sites excluding steroid dienone is 1. The predicted molar refractivity (Wildman–Crippen MR) is 120 cm³/mol. The smallest absolute Gasteiger partial charge is 0.318 e. The maximum absolute atomic E-state index is 13.2. The SMILES string of the molecule is Cc1cc(N2CCN(Cc3ccccc3C3=CCN=C3)C2=O)ccc1-c1cn[nH]c1. The molecular formula is C24H23N5O. The van der Waals surface area contributed by atoms with Crippen LogP contribution >= 0.6 is 0 Å². The molecule has 0 aliphatic carbocycles. The summed E-state index contributed by atoms with van der Waals surface area (Å²) >= 11 is 0. The second kappa shape index (κ2) is 7.63. The van der Waals surface area contributed by atoms with Gasteiger partial charge < -0.3 is 4.90 Å². The molecule has 30 heavy (non-hydrogen) atoms. The van der Waals surface area contributed by atoms with E-state index in [0.717, 1.165) is 45.6 Å². The molecule has 1 saturated heterocycles. The van der Waals surface area contributed by atoms with Gasteiger partial charge in [-0.1, -0.05) is 36.4 Å². The quantitative estimate of drug-likeness (QED) is 0.698. The van der Waals surface area contributed by atoms with E-state index in [9.17, 15) is 4.79 Å². The zero-order valence-corrected chi connectivity index (χ0v) is 16.9. The van der Waals surface area contributed by atoms with Crippen molar-refractivity contribution in [2.45, 2.75) is 13.5 Å². The van der Waals surface area contributed by atoms with E-state index in [1.54, 1.807) is 0 Å². The number of anilines is 1. The van der Waals surface area contributed by atoms with E-state index >= 15 is 0 Å². The molecule has 0 atom stereocenters. The van der Waals surface area contributed by atoms with Gasteiger partial charge in [0.05, 0.1) is 12.7 Å². The van der Waals surface area contributed by atoms with E-state index in [2.05, 4.69) is 52.5 Å². The molecule has 1 aromatic heterocycles. The first-order chi connectivity index (χ1) is 14.7. The zero-order valence-electron chi connectivity index (χ0n) is 16.9. The summed E-state index contributed by atoms with van der Waals surface area (Å²) in [5.41, 5.74) is 7.68. The molecule has 1 fully saturated rings. The van der Waals surface area contributed by atoms with Gasteiger partial charge in [-0.15, -0.1) is 0 Å². The molecule has 2 aliphatic heterocycles. The van der Waals surface area contributed by atoms with Crippen LogP contribution in [0, 0.1) is 6.92 Å². The van der Waals surface area contributed by atoms with Crippen molar-refractivity contribution in [3.8, 4) is 11.1 Å². The van der Waals surface area contributed by atoms with Gasteiger partial charge in [0, 0.05) is 43.3 Å². The second-order valence-electron chi connectivity index (χ2n) is 7.65. The average molecular weight is 397 g/mol. The van der Waals surface area contributed by atoms with Crippen LogP contribution in [0.4, 0.5) is 10.5 Å². The summed E-state index contributed by atoms with van der Waals surface area (Å²) < 4.78 is 0. The number of benzene rings is 2. The fourth-order valence-electron chi connectivity index (χ4n) is 4.19. The highest BCUT2D eigenvalue weighted by atomic mass is 16.2. The molecular weight excluding hydrogens is 374 g/mol. The molecule has 0 spiro atoms. The number of H-pyrrole nitrogens is 1. The third kappa shape index (κ3) is 3.30. The van der Waals surface area contributed by atoms with Crippen LogP contribution in [-0.2, 0) is 6.54 Å². The molecule has 1 N–H and O–H groups in total. The number of aromatic nitrogens is 2. The Labute approximate surface area is 175 Å². The van der Waals surface area contributed by atoms with Crippen LogP contribution < -0.4 is 4.90 Å². The van der Waals surface area contributed by atoms with Crippen LogP contribution in [0.15, 0.2) is 65.9 Å². The Morgan fingerprint density at radius 2 is 2.00 bits per heavy atom. The van der Waals surface area contributed by atoms with Crippen molar-refractivity contribution in [1.82, 2.24) is 15.1 Å². The van der Waals surface area contributed by atoms with Crippen molar-refractivity contribution in [2.75, 3.05) is 24.5 Å². The first-order valence-electron chi connectivity index (χ1n) is 10.2. The molecule has 3 aromatic rings. The van der Waals surface area contributed by atoms with Gasteiger partial charge in [-0.3, -0.25) is 15.0 Å². The summed E-state index contributed by atoms with van der Waals surface area (Å²) in [6, 6.07) is 14.5. The largest absolute Gasteiger partial charge is 0.324 e. The summed E-state index contributed by atoms with van der Waals surface area (Å²) in [4.78, 5) is 21.3. The lowest BCUT2D eigenvalue weighted by Gasteiger charge is -2.21. The van der Waals surface area contributed by atoms with Crippen LogP contribution in [0.3, 0.4) is 0 Å². The molecule has 0 radical (unpaired) electrons. The highest BCUT2D eigenvalue weighted by Gasteiger charge is 2.30. The zero-order chi connectivity index (χ0) is 20.5. The molecule has 6 nitrogen and oxygen atoms in total. The number of nitrogens with zero attached hydrogens (tertiary/aromatic N) is 4. The first-order valence-corrected chi connectivity index (χ1v) is 10.2. The Balaban J connectivity index is 1.35. The van der Waals surface area contributed by atoms with Crippen molar-refractivity contribution < 1.29 is 4.79 Å². The molecule has 0 bridgehead atoms. The first kappa shape index (κ1) is 18.4. The number of hydrogen-bond donors (Lipinski definition) is 1. The number of rotatable bonds is 5. The number of carbonyl (C=O) groups is 1. The van der Waals surface area contributed by atoms with Crippen LogP contribution in [0.2, 0.25) is 0 Å². The van der Waals surface area contributed by atoms with Crippen molar-refractivity contribution in [3.05, 3.63) is 77.6 Å². The minimum absolute atomic E-state index is 0.0503. The van der Waals surface area contributed by atoms with E-state index in [1.165, 1.54) is 0 Å². The summed E-state index contributed by atoms with van der Waals surface area (Å²) in [6.07, 6.45) is 7.74. The standard InChI is InChI=1S/C24H23N5O/c1-17-12-21(6-7-22(17)20-14-26-27-15-20)29-11-10-28(24(29)30)16-19-4-2-3-5-23(19)18-8-9-25-13-18/h2-8,12-15H,9-11,16H2,1H3,(H,26,27). The van der Waals surface area contributed by atoms with Crippen LogP contribution in [0.25, 0.3) is 16.7 Å². The second-order valence-corrected chi connectivity index (χ2v) is 7.65. The summed E-state index contributed by atoms with van der Waals surface area (Å²) in [7, 11) is 0. The maximum Gasteiger partial charge on any atom is 0.324 e. The van der Waals surface area contributed by atoms with Gasteiger partial charge in [0.25, 0.3) is 0 Å². The molecule has 2 aliphatic rings. The summed E-state index contributed by atoms with van der Waals surface area (Å²) in [5, 5.41) is 6.88. The molecule has 2 aromatic carbocycles. The highest BCUT2D eigenvalue weighted by molar-refractivity contribution is 6.12. The van der Waals surface area contributed by atoms with Gasteiger partial charge >= 0.3 is 6.03 Å². The van der Waals surface area contributed by atoms with E-state index in [4.69, 9.17) is 0 Å². The predicted octanol–water partition coefficient (Wildman–Crippen LogP) is 4.30. The third-order valence-electron chi connectivity index (χ3n) is 5.76. The normalized spacial score (nSPS) is 15.9. The Morgan fingerprint density at radius 3 is 2.77 bits per heavy atom. The van der Waals surface area contributed by atoms with Crippen molar-refractivity contribution in [1.29, 1.82) is 0 Å². The van der Waals surface area contributed by atoms with E-state index < -0.39 is 0 Å². The van der Waals surface area contributed by atoms with Gasteiger partial charge in [0.1, 0.15) is 0 Å². The van der Waals surface area contributed by atoms with E-state index in [1.807, 2.05) is 46.6 Å². The molecule has 150 valence electrons. The molecule has 3 heterocycles. The molecule has 2 amide bonds. The van der Waals surface area contributed by atoms with Gasteiger partial charge in [-0.25, -0.2) is 4.79 Å². The molecule has 6 heteroatoms. The third-order valence-corrected chi connectivity index (χ3v) is 5.76. The van der Waals surface area contributed by atoms with Crippen molar-refractivity contribution in [3.63, 3.8) is 0 Å². The fraction of sp³-hybridized carbons (Fsp3) is 0.208. The molecule has 0 saturated carbocycles. The molecule has 5 rings (SSSR count). The molecule has 0 unspecified atom stereocenters. The number of nitrogens with one attached hydrogen (secondary N) is 1. The van der Waals surface area contributed by atoms with Crippen LogP contribution in [-0.4, -0.2) is 47.0 Å². The van der Waals surface area contributed by atoms with Gasteiger partial charge in [0.15, 0.2) is 0 Å². The summed E-state index contributed by atoms with van der Waals surface area (Å²) in [5.74, 6) is 0. The Hall–Kier alpha value is -3.67. The van der Waals surface area contributed by atoms with Crippen molar-refractivity contribution in [2.24, 2.45) is 4.99 Å². The topological polar surface area (TPSA) is 64.6 Å². The van der Waals surface area contributed by atoms with Crippen molar-refractivity contribution >= 4 is 23.5 Å². The van der Waals surface area contributed by atoms with Crippen LogP contribution in [0.5, 0.6) is 0 Å². The monoisotopic (exact) mass is 397 g/mol. The lowest BCUT2D eigenvalue weighted by molar-refractivity contribution is 0.218. The maximum atomic E-state index is 13.2. The summed E-state index contributed by atoms with van der Waals surface area (Å²) in [6.45, 7) is 4.80. The van der Waals surface area contributed by atoms with E-state index in [-0.39, 0.29) is 6.03 Å². The van der Waals surface area contributed by atoms with Gasteiger partial charge in [-0.2, -0.15) is 5.10 Å². The number of aryl methyl sites for hydroxylation is 1. The number of urea groups is 1. The minimum atomic E-state index is 0.0503. The average Bonchev–Trinajstić information content (AvgIpc) is 3.52. The number of aromatic amines is 1.